The van der Waals surface area contributed by atoms with E-state index in [1.54, 1.807) is 0 Å². The van der Waals surface area contributed by atoms with Crippen LogP contribution in [-0.2, 0) is 14.6 Å². The minimum absolute atomic E-state index is 0.0678. The maximum absolute atomic E-state index is 12.2. The SMILES string of the molecule is CC1CCCN(C(=O)NCC2CCCS2(=O)=O)C1C(=O)O. The molecule has 0 bridgehead atoms. The molecule has 3 unspecified atom stereocenters. The first-order chi connectivity index (χ1) is 9.83. The molecule has 2 saturated heterocycles. The zero-order valence-corrected chi connectivity index (χ0v) is 12.9. The van der Waals surface area contributed by atoms with Crippen LogP contribution >= 0.6 is 0 Å². The van der Waals surface area contributed by atoms with Gasteiger partial charge in [-0.05, 0) is 31.6 Å². The molecule has 2 N–H and O–H groups in total. The van der Waals surface area contributed by atoms with E-state index in [1.807, 2.05) is 6.92 Å². The van der Waals surface area contributed by atoms with E-state index in [1.165, 1.54) is 4.90 Å². The van der Waals surface area contributed by atoms with Gasteiger partial charge in [-0.2, -0.15) is 0 Å². The summed E-state index contributed by atoms with van der Waals surface area (Å²) in [6.45, 7) is 2.28. The number of amides is 2. The molecule has 2 rings (SSSR count). The fourth-order valence-corrected chi connectivity index (χ4v) is 4.95. The van der Waals surface area contributed by atoms with E-state index in [-0.39, 0.29) is 18.2 Å². The third-order valence-corrected chi connectivity index (χ3v) is 6.67. The number of rotatable bonds is 3. The number of likely N-dealkylation sites (tertiary alicyclic amines) is 1. The monoisotopic (exact) mass is 318 g/mol. The minimum atomic E-state index is -3.10. The molecule has 2 aliphatic rings. The molecule has 0 spiro atoms. The Balaban J connectivity index is 1.97. The fraction of sp³-hybridized carbons (Fsp3) is 0.846. The second-order valence-electron chi connectivity index (χ2n) is 5.91. The Labute approximate surface area is 124 Å². The van der Waals surface area contributed by atoms with Crippen LogP contribution in [0, 0.1) is 5.92 Å². The van der Waals surface area contributed by atoms with Crippen molar-refractivity contribution < 1.29 is 23.1 Å². The van der Waals surface area contributed by atoms with Crippen LogP contribution in [0.25, 0.3) is 0 Å². The van der Waals surface area contributed by atoms with Crippen LogP contribution in [0.1, 0.15) is 32.6 Å². The molecule has 0 aromatic heterocycles. The van der Waals surface area contributed by atoms with Crippen molar-refractivity contribution in [2.24, 2.45) is 5.92 Å². The summed E-state index contributed by atoms with van der Waals surface area (Å²) in [5, 5.41) is 11.3. The lowest BCUT2D eigenvalue weighted by atomic mass is 9.91. The lowest BCUT2D eigenvalue weighted by Crippen LogP contribution is -2.55. The van der Waals surface area contributed by atoms with Crippen molar-refractivity contribution in [2.45, 2.75) is 43.9 Å². The number of sulfone groups is 1. The number of hydrogen-bond acceptors (Lipinski definition) is 4. The number of carboxylic acid groups (broad SMARTS) is 1. The van der Waals surface area contributed by atoms with Crippen molar-refractivity contribution >= 4 is 21.8 Å². The molecule has 2 fully saturated rings. The van der Waals surface area contributed by atoms with Gasteiger partial charge in [0.15, 0.2) is 9.84 Å². The summed E-state index contributed by atoms with van der Waals surface area (Å²) in [5.74, 6) is -0.936. The number of nitrogens with one attached hydrogen (secondary N) is 1. The maximum atomic E-state index is 12.2. The highest BCUT2D eigenvalue weighted by atomic mass is 32.2. The number of carboxylic acids is 1. The fourth-order valence-electron chi connectivity index (χ4n) is 3.18. The molecule has 0 aliphatic carbocycles. The smallest absolute Gasteiger partial charge is 0.326 e. The van der Waals surface area contributed by atoms with Crippen LogP contribution in [0.2, 0.25) is 0 Å². The van der Waals surface area contributed by atoms with Crippen molar-refractivity contribution in [1.29, 1.82) is 0 Å². The van der Waals surface area contributed by atoms with E-state index in [4.69, 9.17) is 0 Å². The molecule has 3 atom stereocenters. The van der Waals surface area contributed by atoms with Crippen LogP contribution in [0.15, 0.2) is 0 Å². The maximum Gasteiger partial charge on any atom is 0.326 e. The average Bonchev–Trinajstić information content (AvgIpc) is 2.74. The minimum Gasteiger partial charge on any atom is -0.480 e. The lowest BCUT2D eigenvalue weighted by Gasteiger charge is -2.37. The predicted octanol–water partition coefficient (Wildman–Crippen LogP) is 0.458. The summed E-state index contributed by atoms with van der Waals surface area (Å²) >= 11 is 0. The molecule has 0 saturated carbocycles. The summed E-state index contributed by atoms with van der Waals surface area (Å²) in [6, 6.07) is -1.31. The molecule has 7 nitrogen and oxygen atoms in total. The van der Waals surface area contributed by atoms with Crippen LogP contribution in [0.4, 0.5) is 4.79 Å². The molecule has 21 heavy (non-hydrogen) atoms. The Morgan fingerprint density at radius 1 is 1.29 bits per heavy atom. The Morgan fingerprint density at radius 3 is 2.57 bits per heavy atom. The zero-order chi connectivity index (χ0) is 15.6. The predicted molar refractivity (Wildman–Crippen MR) is 76.7 cm³/mol. The third kappa shape index (κ3) is 3.48. The summed E-state index contributed by atoms with van der Waals surface area (Å²) in [4.78, 5) is 24.8. The summed E-state index contributed by atoms with van der Waals surface area (Å²) < 4.78 is 23.4. The van der Waals surface area contributed by atoms with Crippen LogP contribution in [-0.4, -0.2) is 60.6 Å². The largest absolute Gasteiger partial charge is 0.480 e. The molecule has 0 aromatic carbocycles. The first kappa shape index (κ1) is 16.1. The number of carbonyl (C=O) groups is 2. The Morgan fingerprint density at radius 2 is 2.00 bits per heavy atom. The Kier molecular flexibility index (Phi) is 4.75. The summed E-state index contributed by atoms with van der Waals surface area (Å²) in [7, 11) is -3.10. The average molecular weight is 318 g/mol. The first-order valence-electron chi connectivity index (χ1n) is 7.32. The van der Waals surface area contributed by atoms with Crippen LogP contribution in [0.5, 0.6) is 0 Å². The number of aliphatic carboxylic acids is 1. The van der Waals surface area contributed by atoms with Crippen molar-refractivity contribution in [3.05, 3.63) is 0 Å². The standard InChI is InChI=1S/C13H22N2O5S/c1-9-4-2-6-15(11(9)12(16)17)13(18)14-8-10-5-3-7-21(10,19)20/h9-11H,2-8H2,1H3,(H,14,18)(H,16,17). The van der Waals surface area contributed by atoms with Gasteiger partial charge in [0.25, 0.3) is 0 Å². The van der Waals surface area contributed by atoms with E-state index < -0.39 is 33.1 Å². The van der Waals surface area contributed by atoms with Gasteiger partial charge in [0.2, 0.25) is 0 Å². The lowest BCUT2D eigenvalue weighted by molar-refractivity contribution is -0.145. The van der Waals surface area contributed by atoms with Gasteiger partial charge in [-0.1, -0.05) is 6.92 Å². The normalized spacial score (nSPS) is 31.9. The number of urea groups is 1. The quantitative estimate of drug-likeness (QED) is 0.786. The highest BCUT2D eigenvalue weighted by Gasteiger charge is 2.38. The van der Waals surface area contributed by atoms with E-state index >= 15 is 0 Å². The number of nitrogens with zero attached hydrogens (tertiary/aromatic N) is 1. The zero-order valence-electron chi connectivity index (χ0n) is 12.1. The Hall–Kier alpha value is -1.31. The third-order valence-electron chi connectivity index (χ3n) is 4.39. The van der Waals surface area contributed by atoms with Gasteiger partial charge in [-0.15, -0.1) is 0 Å². The van der Waals surface area contributed by atoms with Crippen molar-refractivity contribution in [3.8, 4) is 0 Å². The summed E-state index contributed by atoms with van der Waals surface area (Å²) in [5.41, 5.74) is 0. The van der Waals surface area contributed by atoms with Gasteiger partial charge in [0, 0.05) is 13.1 Å². The second kappa shape index (κ2) is 6.21. The van der Waals surface area contributed by atoms with Gasteiger partial charge < -0.3 is 15.3 Å². The second-order valence-corrected chi connectivity index (χ2v) is 8.31. The van der Waals surface area contributed by atoms with Crippen molar-refractivity contribution in [3.63, 3.8) is 0 Å². The topological polar surface area (TPSA) is 104 Å². The van der Waals surface area contributed by atoms with Crippen molar-refractivity contribution in [1.82, 2.24) is 10.2 Å². The number of hydrogen-bond donors (Lipinski definition) is 2. The molecule has 120 valence electrons. The van der Waals surface area contributed by atoms with E-state index in [2.05, 4.69) is 5.32 Å². The molecular weight excluding hydrogens is 296 g/mol. The van der Waals surface area contributed by atoms with E-state index in [0.717, 1.165) is 12.8 Å². The van der Waals surface area contributed by atoms with Gasteiger partial charge in [-0.3, -0.25) is 0 Å². The summed E-state index contributed by atoms with van der Waals surface area (Å²) in [6.07, 6.45) is 2.72. The highest BCUT2D eigenvalue weighted by Crippen LogP contribution is 2.24. The molecule has 0 radical (unpaired) electrons. The van der Waals surface area contributed by atoms with Gasteiger partial charge in [-0.25, -0.2) is 18.0 Å². The number of carbonyl (C=O) groups excluding carboxylic acids is 1. The molecule has 8 heteroatoms. The molecular formula is C13H22N2O5S. The van der Waals surface area contributed by atoms with Gasteiger partial charge >= 0.3 is 12.0 Å². The Bertz CT molecular complexity index is 519. The van der Waals surface area contributed by atoms with E-state index in [0.29, 0.717) is 19.4 Å². The molecule has 2 amide bonds. The van der Waals surface area contributed by atoms with Crippen molar-refractivity contribution in [2.75, 3.05) is 18.8 Å². The van der Waals surface area contributed by atoms with E-state index in [9.17, 15) is 23.1 Å². The molecule has 0 aromatic rings. The van der Waals surface area contributed by atoms with Crippen LogP contribution < -0.4 is 5.32 Å². The molecule has 2 aliphatic heterocycles. The van der Waals surface area contributed by atoms with Crippen LogP contribution in [0.3, 0.4) is 0 Å². The number of piperidine rings is 1. The van der Waals surface area contributed by atoms with Gasteiger partial charge in [0.05, 0.1) is 11.0 Å². The van der Waals surface area contributed by atoms with Gasteiger partial charge in [0.1, 0.15) is 6.04 Å². The highest BCUT2D eigenvalue weighted by molar-refractivity contribution is 7.92. The first-order valence-corrected chi connectivity index (χ1v) is 9.03. The molecule has 2 heterocycles.